The van der Waals surface area contributed by atoms with Gasteiger partial charge in [-0.05, 0) is 49.1 Å². The van der Waals surface area contributed by atoms with Gasteiger partial charge < -0.3 is 15.0 Å². The van der Waals surface area contributed by atoms with Crippen molar-refractivity contribution in [1.29, 1.82) is 0 Å². The first-order valence-electron chi connectivity index (χ1n) is 12.5. The molecule has 1 aliphatic rings. The van der Waals surface area contributed by atoms with Gasteiger partial charge in [0, 0.05) is 36.6 Å². The molecule has 0 bridgehead atoms. The Morgan fingerprint density at radius 2 is 1.92 bits per heavy atom. The van der Waals surface area contributed by atoms with Gasteiger partial charge in [-0.3, -0.25) is 4.79 Å². The number of hydrogen-bond acceptors (Lipinski definition) is 7. The van der Waals surface area contributed by atoms with Crippen LogP contribution in [0.15, 0.2) is 47.8 Å². The number of nitrogens with two attached hydrogens (primary N) is 1. The molecule has 1 fully saturated rings. The molecule has 1 saturated heterocycles. The minimum Gasteiger partial charge on any atom is -0.381 e. The van der Waals surface area contributed by atoms with Crippen LogP contribution in [0, 0.1) is 11.6 Å². The summed E-state index contributed by atoms with van der Waals surface area (Å²) in [7, 11) is -4.25. The van der Waals surface area contributed by atoms with Crippen LogP contribution in [0.5, 0.6) is 0 Å². The van der Waals surface area contributed by atoms with Crippen LogP contribution in [0.2, 0.25) is 0 Å². The molecule has 12 heteroatoms. The third-order valence-electron chi connectivity index (χ3n) is 6.77. The van der Waals surface area contributed by atoms with Crippen LogP contribution in [0.25, 0.3) is 22.2 Å². The van der Waals surface area contributed by atoms with Gasteiger partial charge in [-0.1, -0.05) is 19.4 Å². The van der Waals surface area contributed by atoms with Crippen LogP contribution >= 0.6 is 0 Å². The summed E-state index contributed by atoms with van der Waals surface area (Å²) >= 11 is 0. The van der Waals surface area contributed by atoms with Gasteiger partial charge in [0.15, 0.2) is 0 Å². The number of fused-ring (bicyclic) bond motifs is 1. The van der Waals surface area contributed by atoms with Crippen molar-refractivity contribution in [2.45, 2.75) is 43.5 Å². The molecule has 2 aromatic carbocycles. The average molecular weight is 556 g/mol. The first kappa shape index (κ1) is 26.9. The molecule has 2 aromatic heterocycles. The van der Waals surface area contributed by atoms with E-state index in [9.17, 15) is 13.2 Å². The number of rotatable bonds is 8. The fraction of sp³-hybridized carbons (Fsp3) is 0.296. The lowest BCUT2D eigenvalue weighted by Gasteiger charge is -2.23. The van der Waals surface area contributed by atoms with Crippen LogP contribution in [-0.2, 0) is 21.2 Å². The Bertz CT molecular complexity index is 1670. The Morgan fingerprint density at radius 1 is 1.15 bits per heavy atom. The lowest BCUT2D eigenvalue weighted by molar-refractivity contribution is 0.0904. The zero-order valence-corrected chi connectivity index (χ0v) is 21.9. The second-order valence-corrected chi connectivity index (χ2v) is 10.9. The summed E-state index contributed by atoms with van der Waals surface area (Å²) in [5, 5.41) is 9.00. The van der Waals surface area contributed by atoms with Crippen molar-refractivity contribution in [3.05, 3.63) is 71.2 Å². The maximum atomic E-state index is 16.1. The maximum Gasteiger partial charge on any atom is 0.238 e. The van der Waals surface area contributed by atoms with Gasteiger partial charge in [0.05, 0.1) is 21.4 Å². The molecule has 4 N–H and O–H groups in total. The number of nitrogens with one attached hydrogen (secondary N) is 2. The molecule has 204 valence electrons. The molecular formula is C27H27F2N5O4S. The summed E-state index contributed by atoms with van der Waals surface area (Å²) in [6.07, 6.45) is 5.48. The maximum absolute atomic E-state index is 16.1. The van der Waals surface area contributed by atoms with Crippen molar-refractivity contribution in [3.8, 4) is 11.1 Å². The molecule has 0 amide bonds. The minimum atomic E-state index is -4.25. The minimum absolute atomic E-state index is 0.0264. The highest BCUT2D eigenvalue weighted by molar-refractivity contribution is 7.89. The van der Waals surface area contributed by atoms with Gasteiger partial charge in [0.2, 0.25) is 15.8 Å². The molecule has 0 aliphatic carbocycles. The zero-order valence-electron chi connectivity index (χ0n) is 21.1. The van der Waals surface area contributed by atoms with E-state index in [-0.39, 0.29) is 27.6 Å². The summed E-state index contributed by atoms with van der Waals surface area (Å²) < 4.78 is 61.2. The highest BCUT2D eigenvalue weighted by Crippen LogP contribution is 2.35. The zero-order chi connectivity index (χ0) is 27.7. The smallest absolute Gasteiger partial charge is 0.238 e. The number of H-pyrrole nitrogens is 1. The number of benzene rings is 2. The molecule has 0 saturated carbocycles. The first-order valence-corrected chi connectivity index (χ1v) is 14.1. The number of primary sulfonamides is 1. The number of carbonyl (C=O) groups excluding carboxylic acids is 1. The van der Waals surface area contributed by atoms with E-state index in [4.69, 9.17) is 9.88 Å². The standard InChI is InChI=1S/C27H27F2N5O4S/c1-2-3-15-4-7-21(39(30,36)37)18(12-15)17-5-6-20(28)23(24(17)29)25(35)19-13-31-26-22(19)27(33-14-32-26)34-16-8-10-38-11-9-16/h4-7,12-14,16H,2-3,8-11H2,1H3,(H2,30,36,37)(H2,31,32,33,34). The topological polar surface area (TPSA) is 140 Å². The Balaban J connectivity index is 1.63. The van der Waals surface area contributed by atoms with Gasteiger partial charge in [-0.25, -0.2) is 32.3 Å². The van der Waals surface area contributed by atoms with E-state index >= 15 is 8.78 Å². The van der Waals surface area contributed by atoms with Crippen LogP contribution in [-0.4, -0.2) is 48.4 Å². The molecule has 0 spiro atoms. The third-order valence-corrected chi connectivity index (χ3v) is 7.74. The van der Waals surface area contributed by atoms with Crippen molar-refractivity contribution < 1.29 is 26.7 Å². The normalized spacial score (nSPS) is 14.6. The molecule has 5 rings (SSSR count). The number of aromatic amines is 1. The summed E-state index contributed by atoms with van der Waals surface area (Å²) in [6, 6.07) is 6.49. The number of aryl methyl sites for hydroxylation is 1. The van der Waals surface area contributed by atoms with E-state index in [0.29, 0.717) is 36.5 Å². The van der Waals surface area contributed by atoms with Crippen LogP contribution < -0.4 is 10.5 Å². The lowest BCUT2D eigenvalue weighted by Crippen LogP contribution is -2.28. The van der Waals surface area contributed by atoms with Crippen molar-refractivity contribution in [2.75, 3.05) is 18.5 Å². The molecule has 0 unspecified atom stereocenters. The largest absolute Gasteiger partial charge is 0.381 e. The molecule has 9 nitrogen and oxygen atoms in total. The predicted molar refractivity (Wildman–Crippen MR) is 142 cm³/mol. The van der Waals surface area contributed by atoms with Gasteiger partial charge in [0.1, 0.15) is 29.4 Å². The van der Waals surface area contributed by atoms with E-state index in [1.54, 1.807) is 6.07 Å². The van der Waals surface area contributed by atoms with Crippen molar-refractivity contribution in [1.82, 2.24) is 15.0 Å². The molecule has 0 radical (unpaired) electrons. The molecule has 4 aromatic rings. The SMILES string of the molecule is CCCc1ccc(S(N)(=O)=O)c(-c2ccc(F)c(C(=O)c3c[nH]c4ncnc(NC5CCOCC5)c34)c2F)c1. The quantitative estimate of drug-likeness (QED) is 0.275. The van der Waals surface area contributed by atoms with Crippen molar-refractivity contribution >= 4 is 32.7 Å². The summed E-state index contributed by atoms with van der Waals surface area (Å²) in [5.74, 6) is -2.86. The highest BCUT2D eigenvalue weighted by atomic mass is 32.2. The molecule has 39 heavy (non-hydrogen) atoms. The van der Waals surface area contributed by atoms with E-state index in [2.05, 4.69) is 20.3 Å². The number of hydrogen-bond donors (Lipinski definition) is 3. The Hall–Kier alpha value is -3.74. The molecule has 0 atom stereocenters. The molecular weight excluding hydrogens is 528 g/mol. The number of anilines is 1. The number of ketones is 1. The highest BCUT2D eigenvalue weighted by Gasteiger charge is 2.28. The van der Waals surface area contributed by atoms with E-state index in [1.807, 2.05) is 6.92 Å². The van der Waals surface area contributed by atoms with Gasteiger partial charge in [-0.15, -0.1) is 0 Å². The summed E-state index contributed by atoms with van der Waals surface area (Å²) in [4.78, 5) is 24.7. The number of ether oxygens (including phenoxy) is 1. The van der Waals surface area contributed by atoms with E-state index < -0.39 is 33.0 Å². The fourth-order valence-electron chi connectivity index (χ4n) is 4.87. The first-order chi connectivity index (χ1) is 18.7. The predicted octanol–water partition coefficient (Wildman–Crippen LogP) is 4.32. The summed E-state index contributed by atoms with van der Waals surface area (Å²) in [6.45, 7) is 3.10. The number of aromatic nitrogens is 3. The fourth-order valence-corrected chi connectivity index (χ4v) is 5.60. The Morgan fingerprint density at radius 3 is 2.64 bits per heavy atom. The Labute approximate surface area is 223 Å². The van der Waals surface area contributed by atoms with Gasteiger partial charge in [-0.2, -0.15) is 0 Å². The monoisotopic (exact) mass is 555 g/mol. The number of carbonyl (C=O) groups is 1. The number of nitrogens with zero attached hydrogens (tertiary/aromatic N) is 2. The third kappa shape index (κ3) is 5.27. The van der Waals surface area contributed by atoms with Gasteiger partial charge in [0.25, 0.3) is 0 Å². The van der Waals surface area contributed by atoms with Crippen LogP contribution in [0.1, 0.15) is 47.7 Å². The van der Waals surface area contributed by atoms with Crippen LogP contribution in [0.4, 0.5) is 14.6 Å². The van der Waals surface area contributed by atoms with Crippen LogP contribution in [0.3, 0.4) is 0 Å². The second-order valence-electron chi connectivity index (χ2n) is 9.42. The molecule has 1 aliphatic heterocycles. The van der Waals surface area contributed by atoms with Crippen molar-refractivity contribution in [3.63, 3.8) is 0 Å². The van der Waals surface area contributed by atoms with E-state index in [1.165, 1.54) is 24.7 Å². The lowest BCUT2D eigenvalue weighted by atomic mass is 9.95. The second kappa shape index (κ2) is 10.8. The van der Waals surface area contributed by atoms with Gasteiger partial charge >= 0.3 is 0 Å². The van der Waals surface area contributed by atoms with E-state index in [0.717, 1.165) is 37.0 Å². The number of sulfonamides is 1. The molecule has 3 heterocycles. The Kier molecular flexibility index (Phi) is 7.43. The van der Waals surface area contributed by atoms with Crippen molar-refractivity contribution in [2.24, 2.45) is 5.14 Å². The summed E-state index contributed by atoms with van der Waals surface area (Å²) in [5.41, 5.74) is -0.0766. The number of halogens is 2. The average Bonchev–Trinajstić information content (AvgIpc) is 3.34.